The summed E-state index contributed by atoms with van der Waals surface area (Å²) in [4.78, 5) is 38.1. The van der Waals surface area contributed by atoms with Gasteiger partial charge in [0.1, 0.15) is 0 Å². The highest BCUT2D eigenvalue weighted by Gasteiger charge is 2.27. The van der Waals surface area contributed by atoms with Crippen LogP contribution in [0.15, 0.2) is 41.0 Å². The Balaban J connectivity index is 2.01. The molecular formula is C19H12ClIN2O7. The third-order valence-corrected chi connectivity index (χ3v) is 4.94. The van der Waals surface area contributed by atoms with E-state index in [1.54, 1.807) is 12.1 Å². The maximum absolute atomic E-state index is 12.3. The number of nitro groups is 1. The first-order chi connectivity index (χ1) is 14.2. The highest BCUT2D eigenvalue weighted by molar-refractivity contribution is 14.1. The van der Waals surface area contributed by atoms with E-state index in [4.69, 9.17) is 25.8 Å². The minimum atomic E-state index is -0.745. The molecule has 154 valence electrons. The standard InChI is InChI=1S/C19H12ClIN2O7/c1-9(24)29-17-14(21)5-10(7-16(17)28-2)6-15-19(25)30-18(22-15)12-8-11(23(26)27)3-4-13(12)20/h3-8H,1-2H3/b15-6-. The second-order valence-electron chi connectivity index (χ2n) is 5.89. The molecule has 0 unspecified atom stereocenters. The number of non-ortho nitro benzene ring substituents is 1. The normalized spacial score (nSPS) is 14.3. The zero-order valence-corrected chi connectivity index (χ0v) is 18.4. The summed E-state index contributed by atoms with van der Waals surface area (Å²) in [6.45, 7) is 1.27. The molecule has 0 amide bonds. The van der Waals surface area contributed by atoms with Gasteiger partial charge in [0, 0.05) is 19.1 Å². The average Bonchev–Trinajstić information content (AvgIpc) is 3.03. The predicted octanol–water partition coefficient (Wildman–Crippen LogP) is 4.13. The number of aliphatic imine (C=N–C) groups is 1. The smallest absolute Gasteiger partial charge is 0.363 e. The lowest BCUT2D eigenvalue weighted by molar-refractivity contribution is -0.384. The number of rotatable bonds is 5. The number of cyclic esters (lactones) is 1. The van der Waals surface area contributed by atoms with Crippen LogP contribution in [0.25, 0.3) is 6.08 Å². The quantitative estimate of drug-likeness (QED) is 0.139. The second kappa shape index (κ2) is 8.79. The molecular weight excluding hydrogens is 531 g/mol. The summed E-state index contributed by atoms with van der Waals surface area (Å²) >= 11 is 8.05. The number of carbonyl (C=O) groups excluding carboxylic acids is 2. The van der Waals surface area contributed by atoms with Crippen LogP contribution in [0.2, 0.25) is 5.02 Å². The summed E-state index contributed by atoms with van der Waals surface area (Å²) in [7, 11) is 1.42. The maximum Gasteiger partial charge on any atom is 0.363 e. The summed E-state index contributed by atoms with van der Waals surface area (Å²) < 4.78 is 16.1. The van der Waals surface area contributed by atoms with Gasteiger partial charge in [-0.1, -0.05) is 11.6 Å². The summed E-state index contributed by atoms with van der Waals surface area (Å²) in [5.41, 5.74) is 0.408. The molecule has 0 N–H and O–H groups in total. The Bertz CT molecular complexity index is 1140. The number of benzene rings is 2. The summed E-state index contributed by atoms with van der Waals surface area (Å²) in [6, 6.07) is 6.97. The second-order valence-corrected chi connectivity index (χ2v) is 7.45. The molecule has 2 aromatic rings. The van der Waals surface area contributed by atoms with Crippen LogP contribution in [0.4, 0.5) is 5.69 Å². The molecule has 0 atom stereocenters. The number of halogens is 2. The van der Waals surface area contributed by atoms with Gasteiger partial charge in [0.15, 0.2) is 17.2 Å². The van der Waals surface area contributed by atoms with Crippen molar-refractivity contribution in [2.75, 3.05) is 7.11 Å². The van der Waals surface area contributed by atoms with Crippen LogP contribution in [0.5, 0.6) is 11.5 Å². The van der Waals surface area contributed by atoms with Gasteiger partial charge in [0.2, 0.25) is 5.90 Å². The Morgan fingerprint density at radius 2 is 2.07 bits per heavy atom. The predicted molar refractivity (Wildman–Crippen MR) is 116 cm³/mol. The molecule has 9 nitrogen and oxygen atoms in total. The minimum absolute atomic E-state index is 0.0364. The van der Waals surface area contributed by atoms with Crippen LogP contribution in [0.1, 0.15) is 18.1 Å². The average molecular weight is 543 g/mol. The molecule has 3 rings (SSSR count). The van der Waals surface area contributed by atoms with Gasteiger partial charge in [-0.25, -0.2) is 9.79 Å². The molecule has 0 radical (unpaired) electrons. The number of hydrogen-bond donors (Lipinski definition) is 0. The molecule has 11 heteroatoms. The van der Waals surface area contributed by atoms with E-state index < -0.39 is 16.9 Å². The summed E-state index contributed by atoms with van der Waals surface area (Å²) in [5.74, 6) is -0.834. The number of nitrogens with zero attached hydrogens (tertiary/aromatic N) is 2. The van der Waals surface area contributed by atoms with Crippen LogP contribution in [0.3, 0.4) is 0 Å². The fraction of sp³-hybridized carbons (Fsp3) is 0.105. The lowest BCUT2D eigenvalue weighted by Crippen LogP contribution is -2.06. The van der Waals surface area contributed by atoms with Crippen molar-refractivity contribution in [2.45, 2.75) is 6.92 Å². The first kappa shape index (κ1) is 21.7. The topological polar surface area (TPSA) is 117 Å². The van der Waals surface area contributed by atoms with Gasteiger partial charge in [0.25, 0.3) is 5.69 Å². The fourth-order valence-corrected chi connectivity index (χ4v) is 3.47. The molecule has 0 spiro atoms. The Morgan fingerprint density at radius 1 is 1.33 bits per heavy atom. The highest BCUT2D eigenvalue weighted by atomic mass is 127. The largest absolute Gasteiger partial charge is 0.493 e. The van der Waals surface area contributed by atoms with Crippen LogP contribution in [-0.4, -0.2) is 29.9 Å². The Morgan fingerprint density at radius 3 is 2.70 bits per heavy atom. The van der Waals surface area contributed by atoms with Crippen molar-refractivity contribution in [2.24, 2.45) is 4.99 Å². The van der Waals surface area contributed by atoms with Crippen molar-refractivity contribution in [1.29, 1.82) is 0 Å². The molecule has 0 fully saturated rings. The molecule has 1 aliphatic rings. The summed E-state index contributed by atoms with van der Waals surface area (Å²) in [6.07, 6.45) is 1.45. The van der Waals surface area contributed by atoms with E-state index in [9.17, 15) is 19.7 Å². The molecule has 0 saturated heterocycles. The zero-order valence-electron chi connectivity index (χ0n) is 15.5. The lowest BCUT2D eigenvalue weighted by atomic mass is 10.1. The number of hydrogen-bond acceptors (Lipinski definition) is 8. The highest BCUT2D eigenvalue weighted by Crippen LogP contribution is 2.35. The van der Waals surface area contributed by atoms with Gasteiger partial charge < -0.3 is 14.2 Å². The monoisotopic (exact) mass is 542 g/mol. The third-order valence-electron chi connectivity index (χ3n) is 3.81. The van der Waals surface area contributed by atoms with Gasteiger partial charge >= 0.3 is 11.9 Å². The fourth-order valence-electron chi connectivity index (χ4n) is 2.54. The number of methoxy groups -OCH3 is 1. The lowest BCUT2D eigenvalue weighted by Gasteiger charge is -2.11. The van der Waals surface area contributed by atoms with Gasteiger partial charge in [-0.15, -0.1) is 0 Å². The molecule has 0 bridgehead atoms. The molecule has 1 aliphatic heterocycles. The molecule has 0 saturated carbocycles. The van der Waals surface area contributed by atoms with Gasteiger partial charge in [0.05, 0.1) is 26.2 Å². The molecule has 30 heavy (non-hydrogen) atoms. The van der Waals surface area contributed by atoms with Crippen molar-refractivity contribution < 1.29 is 28.7 Å². The molecule has 1 heterocycles. The maximum atomic E-state index is 12.3. The number of esters is 2. The van der Waals surface area contributed by atoms with Crippen molar-refractivity contribution in [3.05, 3.63) is 65.9 Å². The van der Waals surface area contributed by atoms with E-state index in [-0.39, 0.29) is 33.6 Å². The van der Waals surface area contributed by atoms with E-state index in [1.165, 1.54) is 38.3 Å². The Labute approximate surface area is 188 Å². The zero-order chi connectivity index (χ0) is 22.0. The van der Waals surface area contributed by atoms with Gasteiger partial charge in [-0.3, -0.25) is 14.9 Å². The van der Waals surface area contributed by atoms with E-state index in [0.29, 0.717) is 14.9 Å². The SMILES string of the molecule is COc1cc(/C=C2\N=C(c3cc([N+](=O)[O-])ccc3Cl)OC2=O)cc(I)c1OC(C)=O. The van der Waals surface area contributed by atoms with Crippen LogP contribution in [-0.2, 0) is 14.3 Å². The Hall–Kier alpha value is -2.99. The van der Waals surface area contributed by atoms with E-state index in [2.05, 4.69) is 4.99 Å². The minimum Gasteiger partial charge on any atom is -0.493 e. The first-order valence-electron chi connectivity index (χ1n) is 8.22. The van der Waals surface area contributed by atoms with Crippen molar-refractivity contribution in [1.82, 2.24) is 0 Å². The van der Waals surface area contributed by atoms with Crippen molar-refractivity contribution in [3.63, 3.8) is 0 Å². The molecule has 0 aromatic heterocycles. The molecule has 0 aliphatic carbocycles. The van der Waals surface area contributed by atoms with E-state index in [1.807, 2.05) is 22.6 Å². The van der Waals surface area contributed by atoms with Gasteiger partial charge in [-0.05, 0) is 52.4 Å². The van der Waals surface area contributed by atoms with E-state index in [0.717, 1.165) is 0 Å². The van der Waals surface area contributed by atoms with Crippen molar-refractivity contribution in [3.8, 4) is 11.5 Å². The van der Waals surface area contributed by atoms with Crippen LogP contribution < -0.4 is 9.47 Å². The third kappa shape index (κ3) is 4.60. The van der Waals surface area contributed by atoms with Crippen molar-refractivity contribution >= 4 is 63.8 Å². The van der Waals surface area contributed by atoms with Gasteiger partial charge in [-0.2, -0.15) is 0 Å². The Kier molecular flexibility index (Phi) is 6.37. The number of nitro benzene ring substituents is 1. The van der Waals surface area contributed by atoms with Crippen LogP contribution >= 0.6 is 34.2 Å². The first-order valence-corrected chi connectivity index (χ1v) is 9.68. The molecule has 2 aromatic carbocycles. The number of carbonyl (C=O) groups is 2. The summed E-state index contributed by atoms with van der Waals surface area (Å²) in [5, 5.41) is 11.1. The van der Waals surface area contributed by atoms with E-state index >= 15 is 0 Å². The number of ether oxygens (including phenoxy) is 3. The van der Waals surface area contributed by atoms with Crippen LogP contribution in [0, 0.1) is 13.7 Å².